The normalized spacial score (nSPS) is 13.1. The summed E-state index contributed by atoms with van der Waals surface area (Å²) in [5.41, 5.74) is 5.38. The average molecular weight is 970 g/mol. The fraction of sp³-hybridized carbons (Fsp3) is 0.930. The van der Waals surface area contributed by atoms with Crippen molar-refractivity contribution in [1.82, 2.24) is 0 Å². The van der Waals surface area contributed by atoms with Crippen LogP contribution in [0.2, 0.25) is 0 Å². The van der Waals surface area contributed by atoms with Crippen LogP contribution in [0.1, 0.15) is 309 Å². The molecule has 2 atom stereocenters. The number of esters is 2. The van der Waals surface area contributed by atoms with Crippen LogP contribution in [0.25, 0.3) is 0 Å². The maximum absolute atomic E-state index is 12.7. The molecule has 0 radical (unpaired) electrons. The second-order valence-electron chi connectivity index (χ2n) is 19.9. The van der Waals surface area contributed by atoms with Crippen LogP contribution in [0.5, 0.6) is 0 Å². The Balaban J connectivity index is 3.91. The summed E-state index contributed by atoms with van der Waals surface area (Å²) in [5, 5.41) is 0. The fourth-order valence-corrected chi connectivity index (χ4v) is 9.58. The number of ether oxygens (including phenoxy) is 2. The van der Waals surface area contributed by atoms with E-state index in [0.717, 1.165) is 32.1 Å². The number of hydrogen-bond acceptors (Lipinski definition) is 8. The summed E-state index contributed by atoms with van der Waals surface area (Å²) in [6, 6.07) is 0. The quantitative estimate of drug-likeness (QED) is 0.0264. The van der Waals surface area contributed by atoms with E-state index in [1.165, 1.54) is 244 Å². The first-order valence-corrected chi connectivity index (χ1v) is 30.7. The minimum Gasteiger partial charge on any atom is -0.462 e. The highest BCUT2D eigenvalue weighted by Crippen LogP contribution is 2.43. The topological polar surface area (TPSA) is 134 Å². The Morgan fingerprint density at radius 3 is 1.06 bits per heavy atom. The van der Waals surface area contributed by atoms with Crippen LogP contribution in [0.3, 0.4) is 0 Å². The summed E-state index contributed by atoms with van der Waals surface area (Å²) in [4.78, 5) is 35.2. The molecule has 0 rings (SSSR count). The van der Waals surface area contributed by atoms with Crippen molar-refractivity contribution >= 4 is 19.8 Å². The van der Waals surface area contributed by atoms with E-state index >= 15 is 0 Å². The number of phosphoric ester groups is 1. The third-order valence-electron chi connectivity index (χ3n) is 13.2. The first-order valence-electron chi connectivity index (χ1n) is 29.2. The second kappa shape index (κ2) is 54.1. The van der Waals surface area contributed by atoms with E-state index in [1.54, 1.807) is 0 Å². The Kier molecular flexibility index (Phi) is 53.1. The lowest BCUT2D eigenvalue weighted by atomic mass is 10.0. The largest absolute Gasteiger partial charge is 0.472 e. The van der Waals surface area contributed by atoms with Crippen molar-refractivity contribution in [1.29, 1.82) is 0 Å². The van der Waals surface area contributed by atoms with Crippen LogP contribution in [-0.4, -0.2) is 49.3 Å². The zero-order valence-corrected chi connectivity index (χ0v) is 45.3. The van der Waals surface area contributed by atoms with Crippen molar-refractivity contribution < 1.29 is 37.6 Å². The predicted octanol–water partition coefficient (Wildman–Crippen LogP) is 18.1. The third kappa shape index (κ3) is 53.9. The molecule has 0 aliphatic heterocycles. The van der Waals surface area contributed by atoms with E-state index in [0.29, 0.717) is 6.42 Å². The van der Waals surface area contributed by atoms with Crippen molar-refractivity contribution in [2.45, 2.75) is 315 Å². The number of hydrogen-bond donors (Lipinski definition) is 2. The number of nitrogens with two attached hydrogens (primary N) is 1. The van der Waals surface area contributed by atoms with Gasteiger partial charge in [0.05, 0.1) is 13.2 Å². The van der Waals surface area contributed by atoms with E-state index in [9.17, 15) is 19.0 Å². The Bertz CT molecular complexity index is 1110. The van der Waals surface area contributed by atoms with E-state index in [1.807, 2.05) is 0 Å². The highest BCUT2D eigenvalue weighted by atomic mass is 31.2. The van der Waals surface area contributed by atoms with Crippen LogP contribution >= 0.6 is 7.82 Å². The van der Waals surface area contributed by atoms with Crippen molar-refractivity contribution in [3.05, 3.63) is 12.2 Å². The van der Waals surface area contributed by atoms with Gasteiger partial charge in [0.1, 0.15) is 6.61 Å². The number of carbonyl (C=O) groups is 2. The van der Waals surface area contributed by atoms with Gasteiger partial charge in [0.15, 0.2) is 6.10 Å². The SMILES string of the molecule is CCCCCCCCCC/C=C\CCCCCCCCCCCCCCCCCC(=O)OC(COC(=O)CCCCCCCCCCCCCCCCCCCCC)COP(=O)(O)OCCN. The lowest BCUT2D eigenvalue weighted by Crippen LogP contribution is -2.29. The maximum atomic E-state index is 12.7. The van der Waals surface area contributed by atoms with Crippen LogP contribution in [0.15, 0.2) is 12.2 Å². The molecule has 0 aromatic rings. The molecule has 0 aliphatic rings. The second-order valence-corrected chi connectivity index (χ2v) is 21.3. The molecule has 0 aliphatic carbocycles. The summed E-state index contributed by atoms with van der Waals surface area (Å²) < 4.78 is 33.0. The molecule has 0 saturated carbocycles. The Morgan fingerprint density at radius 1 is 0.433 bits per heavy atom. The average Bonchev–Trinajstić information content (AvgIpc) is 3.32. The minimum atomic E-state index is -4.38. The number of carbonyl (C=O) groups excluding carboxylic acids is 2. The van der Waals surface area contributed by atoms with Crippen molar-refractivity contribution in [3.63, 3.8) is 0 Å². The Morgan fingerprint density at radius 2 is 0.731 bits per heavy atom. The van der Waals surface area contributed by atoms with E-state index in [4.69, 9.17) is 24.3 Å². The number of allylic oxidation sites excluding steroid dienone is 2. The van der Waals surface area contributed by atoms with Gasteiger partial charge in [0.25, 0.3) is 0 Å². The summed E-state index contributed by atoms with van der Waals surface area (Å²) in [6.45, 7) is 3.81. The van der Waals surface area contributed by atoms with Gasteiger partial charge in [-0.3, -0.25) is 18.6 Å². The van der Waals surface area contributed by atoms with Gasteiger partial charge >= 0.3 is 19.8 Å². The number of unbranched alkanes of at least 4 members (excludes halogenated alkanes) is 41. The van der Waals surface area contributed by atoms with E-state index < -0.39 is 26.5 Å². The smallest absolute Gasteiger partial charge is 0.462 e. The van der Waals surface area contributed by atoms with Gasteiger partial charge in [-0.15, -0.1) is 0 Å². The lowest BCUT2D eigenvalue weighted by Gasteiger charge is -2.19. The zero-order valence-electron chi connectivity index (χ0n) is 44.4. The molecule has 0 saturated heterocycles. The first kappa shape index (κ1) is 65.8. The lowest BCUT2D eigenvalue weighted by molar-refractivity contribution is -0.161. The molecule has 3 N–H and O–H groups in total. The molecule has 0 spiro atoms. The minimum absolute atomic E-state index is 0.0573. The molecule has 0 heterocycles. The standard InChI is InChI=1S/C57H112NO8P/c1-3-5-7-9-11-13-15-17-19-21-23-24-25-26-27-28-29-30-32-34-36-38-40-42-44-46-48-50-57(60)66-55(54-65-67(61,62)64-52-51-58)53-63-56(59)49-47-45-43-41-39-37-35-33-31-22-20-18-16-14-12-10-8-6-4-2/h21,23,55H,3-20,22,24-54,58H2,1-2H3,(H,61,62)/b23-21-. The molecule has 9 nitrogen and oxygen atoms in total. The van der Waals surface area contributed by atoms with Crippen molar-refractivity contribution in [2.24, 2.45) is 5.73 Å². The van der Waals surface area contributed by atoms with E-state index in [-0.39, 0.29) is 38.6 Å². The molecule has 0 bridgehead atoms. The van der Waals surface area contributed by atoms with Gasteiger partial charge in [-0.25, -0.2) is 4.57 Å². The molecule has 0 amide bonds. The van der Waals surface area contributed by atoms with Crippen LogP contribution < -0.4 is 5.73 Å². The van der Waals surface area contributed by atoms with Gasteiger partial charge in [-0.05, 0) is 38.5 Å². The number of rotatable bonds is 56. The van der Waals surface area contributed by atoms with Gasteiger partial charge < -0.3 is 20.1 Å². The Hall–Kier alpha value is -1.25. The molecule has 398 valence electrons. The summed E-state index contributed by atoms with van der Waals surface area (Å²) >= 11 is 0. The van der Waals surface area contributed by atoms with Gasteiger partial charge in [-0.2, -0.15) is 0 Å². The highest BCUT2D eigenvalue weighted by molar-refractivity contribution is 7.47. The molecular weight excluding hydrogens is 858 g/mol. The van der Waals surface area contributed by atoms with Crippen molar-refractivity contribution in [2.75, 3.05) is 26.4 Å². The van der Waals surface area contributed by atoms with Crippen molar-refractivity contribution in [3.8, 4) is 0 Å². The van der Waals surface area contributed by atoms with Gasteiger partial charge in [-0.1, -0.05) is 270 Å². The van der Waals surface area contributed by atoms with Gasteiger partial charge in [0.2, 0.25) is 0 Å². The van der Waals surface area contributed by atoms with Crippen LogP contribution in [0.4, 0.5) is 0 Å². The fourth-order valence-electron chi connectivity index (χ4n) is 8.81. The van der Waals surface area contributed by atoms with E-state index in [2.05, 4.69) is 26.0 Å². The predicted molar refractivity (Wildman–Crippen MR) is 284 cm³/mol. The highest BCUT2D eigenvalue weighted by Gasteiger charge is 2.26. The monoisotopic (exact) mass is 970 g/mol. The first-order chi connectivity index (χ1) is 32.8. The molecule has 0 aromatic carbocycles. The molecule has 2 unspecified atom stereocenters. The summed E-state index contributed by atoms with van der Waals surface area (Å²) in [7, 11) is -4.38. The zero-order chi connectivity index (χ0) is 48.8. The Labute approximate surface area is 415 Å². The molecular formula is C57H112NO8P. The van der Waals surface area contributed by atoms with Gasteiger partial charge in [0, 0.05) is 19.4 Å². The van der Waals surface area contributed by atoms with Crippen LogP contribution in [0, 0.1) is 0 Å². The molecule has 0 fully saturated rings. The summed E-state index contributed by atoms with van der Waals surface area (Å²) in [5.74, 6) is -0.806. The van der Waals surface area contributed by atoms with Crippen LogP contribution in [-0.2, 0) is 32.7 Å². The molecule has 67 heavy (non-hydrogen) atoms. The molecule has 10 heteroatoms. The summed E-state index contributed by atoms with van der Waals surface area (Å²) in [6.07, 6.45) is 61.3. The third-order valence-corrected chi connectivity index (χ3v) is 14.1. The maximum Gasteiger partial charge on any atom is 0.472 e. The number of phosphoric acid groups is 1. The molecule has 0 aromatic heterocycles.